The van der Waals surface area contributed by atoms with E-state index in [1.54, 1.807) is 0 Å². The molecule has 0 aliphatic heterocycles. The molecule has 5 aromatic rings. The summed E-state index contributed by atoms with van der Waals surface area (Å²) >= 11 is 0. The number of benzene rings is 4. The molecule has 1 heteroatoms. The zero-order valence-corrected chi connectivity index (χ0v) is 16.0. The van der Waals surface area contributed by atoms with E-state index in [4.69, 9.17) is 4.42 Å². The lowest BCUT2D eigenvalue weighted by atomic mass is 9.91. The van der Waals surface area contributed by atoms with Gasteiger partial charge in [-0.3, -0.25) is 0 Å². The summed E-state index contributed by atoms with van der Waals surface area (Å²) in [4.78, 5) is 0. The Morgan fingerprint density at radius 2 is 0.586 bits per heavy atom. The van der Waals surface area contributed by atoms with Crippen molar-refractivity contribution in [3.63, 3.8) is 0 Å². The van der Waals surface area contributed by atoms with Crippen LogP contribution in [0.25, 0.3) is 44.9 Å². The van der Waals surface area contributed by atoms with E-state index in [1.165, 1.54) is 0 Å². The van der Waals surface area contributed by atoms with Gasteiger partial charge in [-0.25, -0.2) is 0 Å². The van der Waals surface area contributed by atoms with E-state index >= 15 is 0 Å². The summed E-state index contributed by atoms with van der Waals surface area (Å²) in [5, 5.41) is 0. The summed E-state index contributed by atoms with van der Waals surface area (Å²) in [6.07, 6.45) is 0. The maximum Gasteiger partial charge on any atom is 0.143 e. The molecule has 0 aliphatic rings. The van der Waals surface area contributed by atoms with Crippen LogP contribution in [0.2, 0.25) is 0 Å². The molecule has 138 valence electrons. The van der Waals surface area contributed by atoms with Crippen LogP contribution in [0.3, 0.4) is 0 Å². The molecule has 0 saturated heterocycles. The summed E-state index contributed by atoms with van der Waals surface area (Å²) in [5.41, 5.74) is 6.70. The van der Waals surface area contributed by atoms with Crippen molar-refractivity contribution in [1.29, 1.82) is 0 Å². The average molecular weight is 374 g/mol. The Morgan fingerprint density at radius 3 is 0.897 bits per heavy atom. The Kier molecular flexibility index (Phi) is 4.56. The van der Waals surface area contributed by atoms with Crippen LogP contribution in [-0.4, -0.2) is 0 Å². The fourth-order valence-corrected chi connectivity index (χ4v) is 3.78. The topological polar surface area (TPSA) is 13.1 Å². The van der Waals surface area contributed by atoms with E-state index < -0.39 is 0 Å². The zero-order valence-electron chi connectivity index (χ0n) is 16.0. The molecule has 0 saturated carbocycles. The molecule has 0 spiro atoms. The van der Waals surface area contributed by atoms with Gasteiger partial charge < -0.3 is 4.42 Å². The molecule has 0 aliphatic carbocycles. The molecule has 0 amide bonds. The smallest absolute Gasteiger partial charge is 0.143 e. The lowest BCUT2D eigenvalue weighted by Gasteiger charge is -2.08. The third kappa shape index (κ3) is 3.28. The van der Waals surface area contributed by atoms with Gasteiger partial charge in [0.25, 0.3) is 0 Å². The Balaban J connectivity index is 1.89. The summed E-state index contributed by atoms with van der Waals surface area (Å²) in [6.45, 7) is 0. The summed E-state index contributed by atoms with van der Waals surface area (Å²) in [7, 11) is 0. The van der Waals surface area contributed by atoms with Gasteiger partial charge in [0, 0.05) is 22.3 Å². The van der Waals surface area contributed by atoms with Gasteiger partial charge in [-0.05, 0) is 11.1 Å². The molecule has 0 fully saturated rings. The van der Waals surface area contributed by atoms with Crippen molar-refractivity contribution in [2.45, 2.75) is 0 Å². The second kappa shape index (κ2) is 7.65. The Morgan fingerprint density at radius 1 is 0.310 bits per heavy atom. The van der Waals surface area contributed by atoms with Gasteiger partial charge in [0.15, 0.2) is 0 Å². The predicted octanol–water partition coefficient (Wildman–Crippen LogP) is 7.95. The third-order valence-corrected chi connectivity index (χ3v) is 5.11. The fourth-order valence-electron chi connectivity index (χ4n) is 3.78. The van der Waals surface area contributed by atoms with Gasteiger partial charge in [-0.2, -0.15) is 0 Å². The SMILES string of the molecule is c1ccc(-c2[18o]c(-c3ccccc3)c(-c3ccccc3)c2-c2ccccc2)cc1. The van der Waals surface area contributed by atoms with Crippen molar-refractivity contribution in [2.75, 3.05) is 0 Å². The lowest BCUT2D eigenvalue weighted by Crippen LogP contribution is -1.85. The van der Waals surface area contributed by atoms with Gasteiger partial charge in [-0.1, -0.05) is 121 Å². The standard InChI is InChI=1S/C28H20O/c1-5-13-21(14-6-1)25-26(22-15-7-2-8-16-22)28(24-19-11-4-12-20-24)29-27(25)23-17-9-3-10-18-23/h1-20H/i29+2. The molecule has 1 nitrogen and oxygen atoms in total. The average Bonchev–Trinajstić information content (AvgIpc) is 3.22. The highest BCUT2D eigenvalue weighted by Gasteiger charge is 2.24. The molecule has 5 rings (SSSR count). The van der Waals surface area contributed by atoms with Crippen molar-refractivity contribution in [1.82, 2.24) is 0 Å². The second-order valence-electron chi connectivity index (χ2n) is 6.97. The Labute approximate surface area is 170 Å². The fraction of sp³-hybridized carbons (Fsp3) is 0. The first-order valence-electron chi connectivity index (χ1n) is 9.80. The van der Waals surface area contributed by atoms with Gasteiger partial charge in [-0.15, -0.1) is 0 Å². The highest BCUT2D eigenvalue weighted by atomic mass is 18.2. The van der Waals surface area contributed by atoms with Crippen LogP contribution in [0.1, 0.15) is 0 Å². The Bertz CT molecular complexity index is 1110. The van der Waals surface area contributed by atoms with Crippen LogP contribution in [0.4, 0.5) is 0 Å². The lowest BCUT2D eigenvalue weighted by molar-refractivity contribution is 0.599. The predicted molar refractivity (Wildman–Crippen MR) is 120 cm³/mol. The maximum atomic E-state index is 6.63. The molecule has 0 N–H and O–H groups in total. The molecule has 0 atom stereocenters. The summed E-state index contributed by atoms with van der Waals surface area (Å²) < 4.78 is 6.63. The number of rotatable bonds is 4. The van der Waals surface area contributed by atoms with E-state index in [-0.39, 0.29) is 0 Å². The van der Waals surface area contributed by atoms with Crippen molar-refractivity contribution in [3.8, 4) is 44.9 Å². The summed E-state index contributed by atoms with van der Waals surface area (Å²) in [6, 6.07) is 41.7. The molecule has 4 aromatic carbocycles. The molecule has 0 unspecified atom stereocenters. The number of hydrogen-bond acceptors (Lipinski definition) is 1. The van der Waals surface area contributed by atoms with Crippen LogP contribution in [0.5, 0.6) is 0 Å². The van der Waals surface area contributed by atoms with E-state index in [9.17, 15) is 0 Å². The van der Waals surface area contributed by atoms with E-state index in [0.717, 1.165) is 44.9 Å². The molecule has 1 aromatic heterocycles. The van der Waals surface area contributed by atoms with E-state index in [1.807, 2.05) is 24.3 Å². The van der Waals surface area contributed by atoms with Crippen LogP contribution >= 0.6 is 0 Å². The van der Waals surface area contributed by atoms with Crippen molar-refractivity contribution >= 4 is 0 Å². The van der Waals surface area contributed by atoms with Gasteiger partial charge in [0.1, 0.15) is 11.5 Å². The third-order valence-electron chi connectivity index (χ3n) is 5.11. The minimum absolute atomic E-state index is 0.898. The van der Waals surface area contributed by atoms with Crippen molar-refractivity contribution < 1.29 is 4.42 Å². The van der Waals surface area contributed by atoms with Crippen molar-refractivity contribution in [2.24, 2.45) is 0 Å². The van der Waals surface area contributed by atoms with Crippen LogP contribution < -0.4 is 0 Å². The molecule has 0 bridgehead atoms. The zero-order chi connectivity index (χ0) is 19.5. The highest BCUT2D eigenvalue weighted by Crippen LogP contribution is 2.48. The van der Waals surface area contributed by atoms with Crippen LogP contribution in [0.15, 0.2) is 126 Å². The van der Waals surface area contributed by atoms with E-state index in [2.05, 4.69) is 97.1 Å². The van der Waals surface area contributed by atoms with Gasteiger partial charge in [0.05, 0.1) is 0 Å². The van der Waals surface area contributed by atoms with Crippen LogP contribution in [-0.2, 0) is 0 Å². The second-order valence-corrected chi connectivity index (χ2v) is 6.97. The first-order chi connectivity index (χ1) is 14.4. The first kappa shape index (κ1) is 17.3. The largest absolute Gasteiger partial charge is 0.455 e. The van der Waals surface area contributed by atoms with E-state index in [0.29, 0.717) is 0 Å². The summed E-state index contributed by atoms with van der Waals surface area (Å²) in [5.74, 6) is 1.80. The molecular weight excluding hydrogens is 354 g/mol. The minimum atomic E-state index is 0.898. The highest BCUT2D eigenvalue weighted by molar-refractivity contribution is 5.99. The molecule has 1 heterocycles. The molecule has 0 radical (unpaired) electrons. The Hall–Kier alpha value is -3.84. The number of hydrogen-bond donors (Lipinski definition) is 0. The van der Waals surface area contributed by atoms with Crippen LogP contribution in [0, 0.1) is 0 Å². The first-order valence-corrected chi connectivity index (χ1v) is 9.80. The minimum Gasteiger partial charge on any atom is -0.455 e. The quantitative estimate of drug-likeness (QED) is 0.311. The number of furan rings is 1. The molecule has 29 heavy (non-hydrogen) atoms. The normalized spacial score (nSPS) is 10.8. The maximum absolute atomic E-state index is 6.63. The van der Waals surface area contributed by atoms with Crippen molar-refractivity contribution in [3.05, 3.63) is 121 Å². The van der Waals surface area contributed by atoms with Gasteiger partial charge in [0.2, 0.25) is 0 Å². The monoisotopic (exact) mass is 374 g/mol. The molecular formula is C28H20O. The van der Waals surface area contributed by atoms with Gasteiger partial charge >= 0.3 is 0 Å².